The summed E-state index contributed by atoms with van der Waals surface area (Å²) in [5.41, 5.74) is 3.08. The molecule has 0 spiro atoms. The Balaban J connectivity index is 2.04. The summed E-state index contributed by atoms with van der Waals surface area (Å²) < 4.78 is 1.25. The van der Waals surface area contributed by atoms with Crippen molar-refractivity contribution in [1.82, 2.24) is 14.5 Å². The van der Waals surface area contributed by atoms with Gasteiger partial charge in [-0.2, -0.15) is 0 Å². The van der Waals surface area contributed by atoms with Crippen molar-refractivity contribution >= 4 is 28.0 Å². The second-order valence-electron chi connectivity index (χ2n) is 5.35. The Morgan fingerprint density at radius 1 is 1.04 bits per heavy atom. The van der Waals surface area contributed by atoms with Crippen LogP contribution in [-0.2, 0) is 6.42 Å². The molecule has 5 heteroatoms. The quantitative estimate of drug-likeness (QED) is 0.613. The largest absolute Gasteiger partial charge is 0.464 e. The molecule has 0 unspecified atom stereocenters. The van der Waals surface area contributed by atoms with Crippen LogP contribution in [0.1, 0.15) is 11.1 Å². The van der Waals surface area contributed by atoms with Gasteiger partial charge in [0.15, 0.2) is 5.65 Å². The molecular formula is C18H13N3O2. The molecule has 0 aliphatic heterocycles. The summed E-state index contributed by atoms with van der Waals surface area (Å²) >= 11 is 0. The molecule has 0 radical (unpaired) electrons. The van der Waals surface area contributed by atoms with Crippen LogP contribution in [0.2, 0.25) is 0 Å². The third kappa shape index (κ3) is 2.14. The van der Waals surface area contributed by atoms with Crippen LogP contribution >= 0.6 is 0 Å². The summed E-state index contributed by atoms with van der Waals surface area (Å²) in [4.78, 5) is 20.3. The Bertz CT molecular complexity index is 1020. The number of rotatable bonds is 2. The van der Waals surface area contributed by atoms with Gasteiger partial charge in [0.1, 0.15) is 0 Å². The fourth-order valence-corrected chi connectivity index (χ4v) is 2.98. The van der Waals surface area contributed by atoms with Gasteiger partial charge < -0.3 is 5.11 Å². The predicted molar refractivity (Wildman–Crippen MR) is 87.7 cm³/mol. The van der Waals surface area contributed by atoms with Crippen molar-refractivity contribution in [1.29, 1.82) is 0 Å². The molecule has 0 aliphatic carbocycles. The maximum atomic E-state index is 11.8. The molecule has 0 amide bonds. The van der Waals surface area contributed by atoms with Crippen molar-refractivity contribution in [2.45, 2.75) is 6.42 Å². The van der Waals surface area contributed by atoms with Gasteiger partial charge in [-0.15, -0.1) is 0 Å². The molecule has 5 nitrogen and oxygen atoms in total. The first-order chi connectivity index (χ1) is 11.3. The van der Waals surface area contributed by atoms with E-state index in [1.54, 1.807) is 24.7 Å². The van der Waals surface area contributed by atoms with Crippen LogP contribution in [0.4, 0.5) is 4.79 Å². The maximum Gasteiger partial charge on any atom is 0.417 e. The average Bonchev–Trinajstić information content (AvgIpc) is 2.92. The summed E-state index contributed by atoms with van der Waals surface area (Å²) in [5.74, 6) is 0. The molecular weight excluding hydrogens is 290 g/mol. The number of aromatic nitrogens is 3. The minimum atomic E-state index is -1.04. The number of nitrogens with zero attached hydrogens (tertiary/aromatic N) is 3. The Hall–Kier alpha value is -3.21. The number of fused-ring (bicyclic) bond motifs is 3. The van der Waals surface area contributed by atoms with Crippen LogP contribution < -0.4 is 0 Å². The van der Waals surface area contributed by atoms with Crippen molar-refractivity contribution in [3.05, 3.63) is 72.2 Å². The summed E-state index contributed by atoms with van der Waals surface area (Å²) in [5, 5.41) is 11.3. The van der Waals surface area contributed by atoms with Crippen LogP contribution in [0, 0.1) is 0 Å². The first-order valence-corrected chi connectivity index (χ1v) is 7.25. The summed E-state index contributed by atoms with van der Waals surface area (Å²) in [6, 6.07) is 13.6. The summed E-state index contributed by atoms with van der Waals surface area (Å²) in [6.07, 6.45) is 4.62. The lowest BCUT2D eigenvalue weighted by molar-refractivity contribution is 0.198. The lowest BCUT2D eigenvalue weighted by atomic mass is 10.0. The van der Waals surface area contributed by atoms with Crippen LogP contribution in [-0.4, -0.2) is 25.7 Å². The highest BCUT2D eigenvalue weighted by Gasteiger charge is 2.19. The van der Waals surface area contributed by atoms with E-state index in [9.17, 15) is 9.90 Å². The van der Waals surface area contributed by atoms with Crippen LogP contribution in [0.25, 0.3) is 21.9 Å². The molecule has 0 fully saturated rings. The first kappa shape index (κ1) is 13.5. The molecule has 112 valence electrons. The standard InChI is InChI=1S/C18H13N3O2/c22-18(23)21-16-13(9-12-5-2-1-3-6-12)10-19-11-15(16)14-7-4-8-20-17(14)21/h1-8,10-11H,9H2,(H,22,23). The van der Waals surface area contributed by atoms with Gasteiger partial charge in [0.25, 0.3) is 0 Å². The van der Waals surface area contributed by atoms with Gasteiger partial charge >= 0.3 is 6.09 Å². The fraction of sp³-hybridized carbons (Fsp3) is 0.0556. The third-order valence-electron chi connectivity index (χ3n) is 3.93. The van der Waals surface area contributed by atoms with E-state index in [4.69, 9.17) is 0 Å². The number of carbonyl (C=O) groups is 1. The topological polar surface area (TPSA) is 68.0 Å². The van der Waals surface area contributed by atoms with E-state index >= 15 is 0 Å². The number of pyridine rings is 2. The Morgan fingerprint density at radius 2 is 1.87 bits per heavy atom. The van der Waals surface area contributed by atoms with Crippen molar-refractivity contribution < 1.29 is 9.90 Å². The van der Waals surface area contributed by atoms with Gasteiger partial charge in [-0.1, -0.05) is 30.3 Å². The van der Waals surface area contributed by atoms with E-state index in [1.807, 2.05) is 36.4 Å². The van der Waals surface area contributed by atoms with Gasteiger partial charge in [0.2, 0.25) is 0 Å². The molecule has 0 saturated heterocycles. The van der Waals surface area contributed by atoms with Gasteiger partial charge in [-0.05, 0) is 23.3 Å². The number of hydrogen-bond acceptors (Lipinski definition) is 3. The Kier molecular flexibility index (Phi) is 3.05. The van der Waals surface area contributed by atoms with Gasteiger partial charge in [-0.3, -0.25) is 4.98 Å². The molecule has 3 heterocycles. The van der Waals surface area contributed by atoms with Crippen molar-refractivity contribution in [2.24, 2.45) is 0 Å². The molecule has 4 rings (SSSR count). The molecule has 4 aromatic rings. The number of benzene rings is 1. The smallest absolute Gasteiger partial charge is 0.417 e. The highest BCUT2D eigenvalue weighted by atomic mass is 16.4. The molecule has 0 aliphatic rings. The third-order valence-corrected chi connectivity index (χ3v) is 3.93. The van der Waals surface area contributed by atoms with E-state index < -0.39 is 6.09 Å². The second-order valence-corrected chi connectivity index (χ2v) is 5.35. The molecule has 0 atom stereocenters. The van der Waals surface area contributed by atoms with Gasteiger partial charge in [-0.25, -0.2) is 14.3 Å². The van der Waals surface area contributed by atoms with E-state index in [0.717, 1.165) is 21.9 Å². The molecule has 23 heavy (non-hydrogen) atoms. The van der Waals surface area contributed by atoms with E-state index in [2.05, 4.69) is 9.97 Å². The summed E-state index contributed by atoms with van der Waals surface area (Å²) in [6.45, 7) is 0. The van der Waals surface area contributed by atoms with Crippen LogP contribution in [0.15, 0.2) is 61.1 Å². The maximum absolute atomic E-state index is 11.8. The highest BCUT2D eigenvalue weighted by molar-refractivity contribution is 6.11. The molecule has 1 aromatic carbocycles. The van der Waals surface area contributed by atoms with Gasteiger partial charge in [0.05, 0.1) is 5.52 Å². The molecule has 0 saturated carbocycles. The van der Waals surface area contributed by atoms with Crippen molar-refractivity contribution in [3.8, 4) is 0 Å². The minimum absolute atomic E-state index is 0.442. The van der Waals surface area contributed by atoms with E-state index in [1.165, 1.54) is 4.57 Å². The van der Waals surface area contributed by atoms with Gasteiger partial charge in [0, 0.05) is 35.8 Å². The number of hydrogen-bond donors (Lipinski definition) is 1. The SMILES string of the molecule is O=C(O)n1c2ncccc2c2cncc(Cc3ccccc3)c21. The Morgan fingerprint density at radius 3 is 2.65 bits per heavy atom. The zero-order chi connectivity index (χ0) is 15.8. The lowest BCUT2D eigenvalue weighted by Crippen LogP contribution is -2.09. The fourth-order valence-electron chi connectivity index (χ4n) is 2.98. The zero-order valence-corrected chi connectivity index (χ0v) is 12.2. The summed E-state index contributed by atoms with van der Waals surface area (Å²) in [7, 11) is 0. The second kappa shape index (κ2) is 5.21. The monoisotopic (exact) mass is 303 g/mol. The van der Waals surface area contributed by atoms with Crippen molar-refractivity contribution in [3.63, 3.8) is 0 Å². The minimum Gasteiger partial charge on any atom is -0.464 e. The normalized spacial score (nSPS) is 11.1. The lowest BCUT2D eigenvalue weighted by Gasteiger charge is -2.06. The highest BCUT2D eigenvalue weighted by Crippen LogP contribution is 2.30. The molecule has 0 bridgehead atoms. The van der Waals surface area contributed by atoms with Crippen molar-refractivity contribution in [2.75, 3.05) is 0 Å². The van der Waals surface area contributed by atoms with E-state index in [0.29, 0.717) is 17.6 Å². The predicted octanol–water partition coefficient (Wildman–Crippen LogP) is 3.70. The zero-order valence-electron chi connectivity index (χ0n) is 12.2. The van der Waals surface area contributed by atoms with E-state index in [-0.39, 0.29) is 0 Å². The number of carboxylic acid groups (broad SMARTS) is 1. The van der Waals surface area contributed by atoms with Crippen LogP contribution in [0.5, 0.6) is 0 Å². The molecule has 3 aromatic heterocycles. The average molecular weight is 303 g/mol. The van der Waals surface area contributed by atoms with Crippen LogP contribution in [0.3, 0.4) is 0 Å². The first-order valence-electron chi connectivity index (χ1n) is 7.25. The molecule has 1 N–H and O–H groups in total. The Labute approximate surface area is 131 Å².